The summed E-state index contributed by atoms with van der Waals surface area (Å²) in [5.41, 5.74) is 0. The van der Waals surface area contributed by atoms with E-state index in [9.17, 15) is 18.0 Å². The van der Waals surface area contributed by atoms with E-state index in [4.69, 9.17) is 0 Å². The first kappa shape index (κ1) is 13.5. The highest BCUT2D eigenvalue weighted by molar-refractivity contribution is 5.81. The van der Waals surface area contributed by atoms with Crippen LogP contribution < -0.4 is 0 Å². The maximum absolute atomic E-state index is 11.9. The van der Waals surface area contributed by atoms with E-state index in [0.29, 0.717) is 5.92 Å². The predicted molar refractivity (Wildman–Crippen MR) is 56.0 cm³/mol. The molecule has 1 nitrogen and oxygen atoms in total. The maximum atomic E-state index is 11.9. The second-order valence-corrected chi connectivity index (χ2v) is 4.90. The maximum Gasteiger partial charge on any atom is 0.389 e. The largest absolute Gasteiger partial charge is 0.389 e. The van der Waals surface area contributed by atoms with Crippen molar-refractivity contribution in [2.45, 2.75) is 58.0 Å². The number of Topliss-reactive ketones (excluding diaryl/α,β-unsaturated/α-hetero) is 1. The highest BCUT2D eigenvalue weighted by Gasteiger charge is 2.28. The number of carbonyl (C=O) groups is 1. The van der Waals surface area contributed by atoms with Gasteiger partial charge in [-0.2, -0.15) is 13.2 Å². The molecule has 1 rings (SSSR count). The Kier molecular flexibility index (Phi) is 4.81. The fraction of sp³-hybridized carbons (Fsp3) is 0.917. The van der Waals surface area contributed by atoms with Crippen LogP contribution in [0.2, 0.25) is 0 Å². The molecule has 0 spiro atoms. The van der Waals surface area contributed by atoms with Gasteiger partial charge in [-0.15, -0.1) is 0 Å². The summed E-state index contributed by atoms with van der Waals surface area (Å²) >= 11 is 0. The van der Waals surface area contributed by atoms with Crippen LogP contribution in [-0.2, 0) is 4.79 Å². The van der Waals surface area contributed by atoms with Gasteiger partial charge in [0.2, 0.25) is 0 Å². The lowest BCUT2D eigenvalue weighted by Crippen LogP contribution is -2.22. The van der Waals surface area contributed by atoms with Gasteiger partial charge in [-0.1, -0.05) is 19.8 Å². The first-order valence-electron chi connectivity index (χ1n) is 5.98. The van der Waals surface area contributed by atoms with Crippen LogP contribution in [0.4, 0.5) is 13.2 Å². The van der Waals surface area contributed by atoms with Gasteiger partial charge >= 0.3 is 6.18 Å². The van der Waals surface area contributed by atoms with E-state index in [0.717, 1.165) is 25.7 Å². The van der Waals surface area contributed by atoms with Crippen LogP contribution in [-0.4, -0.2) is 12.0 Å². The molecule has 0 saturated heterocycles. The Bertz CT molecular complexity index is 235. The van der Waals surface area contributed by atoms with Crippen molar-refractivity contribution < 1.29 is 18.0 Å². The fourth-order valence-electron chi connectivity index (χ4n) is 2.39. The molecule has 1 aliphatic carbocycles. The van der Waals surface area contributed by atoms with Crippen molar-refractivity contribution >= 4 is 5.78 Å². The van der Waals surface area contributed by atoms with Gasteiger partial charge in [0.25, 0.3) is 0 Å². The molecule has 0 radical (unpaired) electrons. The zero-order valence-corrected chi connectivity index (χ0v) is 9.65. The van der Waals surface area contributed by atoms with E-state index < -0.39 is 12.6 Å². The van der Waals surface area contributed by atoms with Gasteiger partial charge in [-0.05, 0) is 25.2 Å². The van der Waals surface area contributed by atoms with Crippen molar-refractivity contribution in [2.75, 3.05) is 0 Å². The Morgan fingerprint density at radius 2 is 2.00 bits per heavy atom. The molecule has 2 atom stereocenters. The first-order valence-corrected chi connectivity index (χ1v) is 5.98. The molecule has 0 aromatic heterocycles. The molecule has 0 aromatic carbocycles. The Hall–Kier alpha value is -0.540. The molecular weight excluding hydrogens is 217 g/mol. The number of alkyl halides is 3. The van der Waals surface area contributed by atoms with Crippen molar-refractivity contribution in [3.05, 3.63) is 0 Å². The Morgan fingerprint density at radius 1 is 1.31 bits per heavy atom. The zero-order valence-electron chi connectivity index (χ0n) is 9.65. The lowest BCUT2D eigenvalue weighted by atomic mass is 9.79. The van der Waals surface area contributed by atoms with Crippen molar-refractivity contribution in [1.29, 1.82) is 0 Å². The molecule has 0 N–H and O–H groups in total. The number of rotatable bonds is 4. The van der Waals surface area contributed by atoms with Gasteiger partial charge in [0.15, 0.2) is 0 Å². The third-order valence-corrected chi connectivity index (χ3v) is 3.28. The third-order valence-electron chi connectivity index (χ3n) is 3.28. The van der Waals surface area contributed by atoms with Crippen LogP contribution in [0.3, 0.4) is 0 Å². The topological polar surface area (TPSA) is 17.1 Å². The lowest BCUT2D eigenvalue weighted by Gasteiger charge is -2.25. The minimum atomic E-state index is -4.12. The monoisotopic (exact) mass is 236 g/mol. The van der Waals surface area contributed by atoms with Gasteiger partial charge < -0.3 is 0 Å². The number of ketones is 1. The van der Waals surface area contributed by atoms with Gasteiger partial charge in [0.1, 0.15) is 5.78 Å². The van der Waals surface area contributed by atoms with E-state index in [2.05, 4.69) is 6.92 Å². The number of halogens is 3. The molecule has 0 amide bonds. The Labute approximate surface area is 94.4 Å². The average molecular weight is 236 g/mol. The van der Waals surface area contributed by atoms with E-state index in [1.54, 1.807) is 0 Å². The van der Waals surface area contributed by atoms with E-state index in [-0.39, 0.29) is 24.5 Å². The van der Waals surface area contributed by atoms with Crippen LogP contribution in [0.25, 0.3) is 0 Å². The summed E-state index contributed by atoms with van der Waals surface area (Å²) in [6.07, 6.45) is -0.992. The predicted octanol–water partition coefficient (Wildman–Crippen LogP) is 4.11. The van der Waals surface area contributed by atoms with Gasteiger partial charge in [-0.3, -0.25) is 4.79 Å². The molecular formula is C12H19F3O. The molecule has 94 valence electrons. The molecule has 2 unspecified atom stereocenters. The quantitative estimate of drug-likeness (QED) is 0.717. The van der Waals surface area contributed by atoms with Crippen LogP contribution in [0, 0.1) is 11.8 Å². The standard InChI is InChI=1S/C12H19F3O/c1-9-4-2-5-10(8-9)11(16)6-3-7-12(13,14)15/h9-10H,2-8H2,1H3. The Balaban J connectivity index is 2.24. The summed E-state index contributed by atoms with van der Waals surface area (Å²) < 4.78 is 35.7. The normalized spacial score (nSPS) is 26.8. The van der Waals surface area contributed by atoms with Crippen LogP contribution in [0.15, 0.2) is 0 Å². The molecule has 0 heterocycles. The number of carbonyl (C=O) groups excluding carboxylic acids is 1. The molecule has 0 aliphatic heterocycles. The highest BCUT2D eigenvalue weighted by Crippen LogP contribution is 2.31. The van der Waals surface area contributed by atoms with Crippen LogP contribution >= 0.6 is 0 Å². The Morgan fingerprint density at radius 3 is 2.56 bits per heavy atom. The SMILES string of the molecule is CC1CCCC(C(=O)CCCC(F)(F)F)C1. The smallest absolute Gasteiger partial charge is 0.299 e. The minimum absolute atomic E-state index is 0.0250. The fourth-order valence-corrected chi connectivity index (χ4v) is 2.39. The van der Waals surface area contributed by atoms with Crippen LogP contribution in [0.1, 0.15) is 51.9 Å². The molecule has 16 heavy (non-hydrogen) atoms. The van der Waals surface area contributed by atoms with Crippen molar-refractivity contribution in [3.8, 4) is 0 Å². The second-order valence-electron chi connectivity index (χ2n) is 4.90. The first-order chi connectivity index (χ1) is 7.38. The van der Waals surface area contributed by atoms with Crippen molar-refractivity contribution in [3.63, 3.8) is 0 Å². The number of hydrogen-bond acceptors (Lipinski definition) is 1. The zero-order chi connectivity index (χ0) is 12.2. The van der Waals surface area contributed by atoms with Crippen molar-refractivity contribution in [1.82, 2.24) is 0 Å². The highest BCUT2D eigenvalue weighted by atomic mass is 19.4. The van der Waals surface area contributed by atoms with Gasteiger partial charge in [0, 0.05) is 18.8 Å². The lowest BCUT2D eigenvalue weighted by molar-refractivity contribution is -0.138. The van der Waals surface area contributed by atoms with E-state index in [1.807, 2.05) is 0 Å². The molecule has 1 aliphatic rings. The molecule has 1 fully saturated rings. The van der Waals surface area contributed by atoms with Crippen LogP contribution in [0.5, 0.6) is 0 Å². The molecule has 0 aromatic rings. The summed E-state index contributed by atoms with van der Waals surface area (Å²) in [6.45, 7) is 2.11. The molecule has 1 saturated carbocycles. The van der Waals surface area contributed by atoms with Crippen molar-refractivity contribution in [2.24, 2.45) is 11.8 Å². The van der Waals surface area contributed by atoms with Gasteiger partial charge in [-0.25, -0.2) is 0 Å². The summed E-state index contributed by atoms with van der Waals surface area (Å²) in [5, 5.41) is 0. The van der Waals surface area contributed by atoms with E-state index in [1.165, 1.54) is 0 Å². The summed E-state index contributed by atoms with van der Waals surface area (Å²) in [5.74, 6) is 0.609. The second kappa shape index (κ2) is 5.69. The third kappa shape index (κ3) is 4.99. The van der Waals surface area contributed by atoms with Gasteiger partial charge in [0.05, 0.1) is 0 Å². The summed E-state index contributed by atoms with van der Waals surface area (Å²) in [7, 11) is 0. The minimum Gasteiger partial charge on any atom is -0.299 e. The molecule has 0 bridgehead atoms. The van der Waals surface area contributed by atoms with E-state index >= 15 is 0 Å². The summed E-state index contributed by atoms with van der Waals surface area (Å²) in [4.78, 5) is 11.7. The summed E-state index contributed by atoms with van der Waals surface area (Å²) in [6, 6.07) is 0. The number of hydrogen-bond donors (Lipinski definition) is 0. The molecule has 4 heteroatoms. The average Bonchev–Trinajstić information content (AvgIpc) is 2.15.